The molecule has 6 heteroatoms. The average Bonchev–Trinajstić information content (AvgIpc) is 3.36. The number of furan rings is 1. The molecule has 1 amide bonds. The van der Waals surface area contributed by atoms with Crippen LogP contribution in [-0.2, 0) is 16.1 Å². The lowest BCUT2D eigenvalue weighted by Crippen LogP contribution is -2.29. The highest BCUT2D eigenvalue weighted by atomic mass is 16.5. The minimum atomic E-state index is -0.735. The first-order valence-electron chi connectivity index (χ1n) is 10.1. The Bertz CT molecular complexity index is 1120. The van der Waals surface area contributed by atoms with Gasteiger partial charge in [0.05, 0.1) is 30.5 Å². The molecule has 1 unspecified atom stereocenters. The van der Waals surface area contributed by atoms with Gasteiger partial charge in [-0.2, -0.15) is 0 Å². The smallest absolute Gasteiger partial charge is 0.296 e. The molecule has 1 saturated heterocycles. The third kappa shape index (κ3) is 4.10. The summed E-state index contributed by atoms with van der Waals surface area (Å²) in [6, 6.07) is 18.8. The molecule has 0 spiro atoms. The third-order valence-electron chi connectivity index (χ3n) is 5.04. The SMILES string of the molecule is CC(C)Oc1cccc(/C(O)=C2/C(=O)C(=O)N(Cc3ccco3)C2c2ccccc2)c1. The molecule has 0 aliphatic carbocycles. The second-order valence-electron chi connectivity index (χ2n) is 7.61. The Morgan fingerprint density at radius 1 is 1.06 bits per heavy atom. The number of rotatable bonds is 6. The molecule has 0 bridgehead atoms. The number of Topliss-reactive ketones (excluding diaryl/α,β-unsaturated/α-hetero) is 1. The summed E-state index contributed by atoms with van der Waals surface area (Å²) in [5.41, 5.74) is 1.18. The Labute approximate surface area is 180 Å². The molecule has 2 heterocycles. The van der Waals surface area contributed by atoms with Crippen LogP contribution in [0.3, 0.4) is 0 Å². The number of aliphatic hydroxyl groups excluding tert-OH is 1. The standard InChI is InChI=1S/C25H23NO5/c1-16(2)31-19-11-6-10-18(14-19)23(27)21-22(17-8-4-3-5-9-17)26(25(29)24(21)28)15-20-12-7-13-30-20/h3-14,16,22,27H,15H2,1-2H3/b23-21-. The first-order valence-corrected chi connectivity index (χ1v) is 10.1. The fourth-order valence-electron chi connectivity index (χ4n) is 3.74. The zero-order valence-electron chi connectivity index (χ0n) is 17.3. The first kappa shape index (κ1) is 20.5. The number of likely N-dealkylation sites (tertiary alicyclic amines) is 1. The largest absolute Gasteiger partial charge is 0.507 e. The molecule has 6 nitrogen and oxygen atoms in total. The Morgan fingerprint density at radius 2 is 1.84 bits per heavy atom. The number of hydrogen-bond donors (Lipinski definition) is 1. The maximum Gasteiger partial charge on any atom is 0.296 e. The van der Waals surface area contributed by atoms with Crippen LogP contribution >= 0.6 is 0 Å². The van der Waals surface area contributed by atoms with E-state index in [0.717, 1.165) is 5.56 Å². The van der Waals surface area contributed by atoms with Gasteiger partial charge in [-0.15, -0.1) is 0 Å². The van der Waals surface area contributed by atoms with Gasteiger partial charge in [0.1, 0.15) is 17.3 Å². The summed E-state index contributed by atoms with van der Waals surface area (Å²) in [4.78, 5) is 27.4. The van der Waals surface area contributed by atoms with Crippen molar-refractivity contribution in [2.24, 2.45) is 0 Å². The number of ether oxygens (including phenoxy) is 1. The number of aliphatic hydroxyl groups is 1. The van der Waals surface area contributed by atoms with E-state index in [2.05, 4.69) is 0 Å². The summed E-state index contributed by atoms with van der Waals surface area (Å²) in [5, 5.41) is 11.1. The van der Waals surface area contributed by atoms with Crippen molar-refractivity contribution in [3.63, 3.8) is 0 Å². The van der Waals surface area contributed by atoms with Gasteiger partial charge in [0, 0.05) is 5.56 Å². The van der Waals surface area contributed by atoms with E-state index in [0.29, 0.717) is 17.1 Å². The molecule has 4 rings (SSSR count). The van der Waals surface area contributed by atoms with Gasteiger partial charge in [-0.1, -0.05) is 42.5 Å². The summed E-state index contributed by atoms with van der Waals surface area (Å²) < 4.78 is 11.1. The van der Waals surface area contributed by atoms with Crippen LogP contribution in [0.15, 0.2) is 83.0 Å². The Balaban J connectivity index is 1.82. The van der Waals surface area contributed by atoms with E-state index in [9.17, 15) is 14.7 Å². The highest BCUT2D eigenvalue weighted by Crippen LogP contribution is 2.40. The molecule has 1 atom stereocenters. The van der Waals surface area contributed by atoms with Crippen LogP contribution in [0, 0.1) is 0 Å². The van der Waals surface area contributed by atoms with Gasteiger partial charge in [-0.25, -0.2) is 0 Å². The van der Waals surface area contributed by atoms with Crippen molar-refractivity contribution in [1.82, 2.24) is 4.90 Å². The summed E-state index contributed by atoms with van der Waals surface area (Å²) in [7, 11) is 0. The minimum absolute atomic E-state index is 0.0411. The summed E-state index contributed by atoms with van der Waals surface area (Å²) in [6.45, 7) is 3.93. The quantitative estimate of drug-likeness (QED) is 0.358. The normalized spacial score (nSPS) is 18.0. The Hall–Kier alpha value is -3.80. The van der Waals surface area contributed by atoms with Crippen molar-refractivity contribution in [3.05, 3.63) is 95.5 Å². The van der Waals surface area contributed by atoms with Crippen molar-refractivity contribution in [3.8, 4) is 5.75 Å². The molecule has 1 aromatic heterocycles. The summed E-state index contributed by atoms with van der Waals surface area (Å²) in [5.74, 6) is -0.520. The fourth-order valence-corrected chi connectivity index (χ4v) is 3.74. The molecule has 2 aromatic carbocycles. The van der Waals surface area contributed by atoms with Crippen molar-refractivity contribution in [1.29, 1.82) is 0 Å². The van der Waals surface area contributed by atoms with Crippen LogP contribution in [0.4, 0.5) is 0 Å². The number of benzene rings is 2. The number of carbonyl (C=O) groups excluding carboxylic acids is 2. The van der Waals surface area contributed by atoms with E-state index < -0.39 is 17.7 Å². The van der Waals surface area contributed by atoms with Gasteiger partial charge in [0.15, 0.2) is 0 Å². The summed E-state index contributed by atoms with van der Waals surface area (Å²) >= 11 is 0. The lowest BCUT2D eigenvalue weighted by atomic mass is 9.95. The molecule has 158 valence electrons. The van der Waals surface area contributed by atoms with Crippen LogP contribution in [0.5, 0.6) is 5.75 Å². The molecule has 1 aliphatic rings. The van der Waals surface area contributed by atoms with Crippen LogP contribution in [0.1, 0.15) is 36.8 Å². The van der Waals surface area contributed by atoms with Gasteiger partial charge in [-0.3, -0.25) is 9.59 Å². The molecule has 0 radical (unpaired) electrons. The van der Waals surface area contributed by atoms with Gasteiger partial charge in [0.2, 0.25) is 0 Å². The average molecular weight is 417 g/mol. The monoisotopic (exact) mass is 417 g/mol. The topological polar surface area (TPSA) is 80.0 Å². The predicted molar refractivity (Wildman–Crippen MR) is 115 cm³/mol. The molecule has 31 heavy (non-hydrogen) atoms. The Kier molecular flexibility index (Phi) is 5.62. The molecular weight excluding hydrogens is 394 g/mol. The van der Waals surface area contributed by atoms with Crippen LogP contribution in [0.25, 0.3) is 5.76 Å². The second kappa shape index (κ2) is 8.52. The number of hydrogen-bond acceptors (Lipinski definition) is 5. The van der Waals surface area contributed by atoms with Crippen molar-refractivity contribution in [2.45, 2.75) is 32.5 Å². The minimum Gasteiger partial charge on any atom is -0.507 e. The van der Waals surface area contributed by atoms with Gasteiger partial charge in [-0.05, 0) is 43.7 Å². The van der Waals surface area contributed by atoms with E-state index in [1.807, 2.05) is 44.2 Å². The molecule has 3 aromatic rings. The van der Waals surface area contributed by atoms with Gasteiger partial charge >= 0.3 is 0 Å². The van der Waals surface area contributed by atoms with E-state index in [1.54, 1.807) is 36.4 Å². The molecule has 1 N–H and O–H groups in total. The first-order chi connectivity index (χ1) is 15.0. The zero-order chi connectivity index (χ0) is 22.0. The van der Waals surface area contributed by atoms with E-state index in [1.165, 1.54) is 11.2 Å². The van der Waals surface area contributed by atoms with E-state index in [-0.39, 0.29) is 24.0 Å². The van der Waals surface area contributed by atoms with Crippen LogP contribution < -0.4 is 4.74 Å². The lowest BCUT2D eigenvalue weighted by molar-refractivity contribution is -0.140. The Morgan fingerprint density at radius 3 is 2.52 bits per heavy atom. The van der Waals surface area contributed by atoms with Crippen LogP contribution in [0.2, 0.25) is 0 Å². The number of amides is 1. The molecule has 1 fully saturated rings. The fraction of sp³-hybridized carbons (Fsp3) is 0.200. The third-order valence-corrected chi connectivity index (χ3v) is 5.04. The second-order valence-corrected chi connectivity index (χ2v) is 7.61. The van der Waals surface area contributed by atoms with Crippen molar-refractivity contribution in [2.75, 3.05) is 0 Å². The van der Waals surface area contributed by atoms with Crippen molar-refractivity contribution >= 4 is 17.4 Å². The molecule has 0 saturated carbocycles. The number of nitrogens with zero attached hydrogens (tertiary/aromatic N) is 1. The molecular formula is C25H23NO5. The molecule has 1 aliphatic heterocycles. The number of ketones is 1. The van der Waals surface area contributed by atoms with E-state index in [4.69, 9.17) is 9.15 Å². The maximum atomic E-state index is 13.0. The summed E-state index contributed by atoms with van der Waals surface area (Å²) in [6.07, 6.45) is 1.48. The van der Waals surface area contributed by atoms with Gasteiger partial charge < -0.3 is 19.2 Å². The number of carbonyl (C=O) groups is 2. The van der Waals surface area contributed by atoms with Crippen LogP contribution in [-0.4, -0.2) is 27.8 Å². The predicted octanol–water partition coefficient (Wildman–Crippen LogP) is 4.69. The highest BCUT2D eigenvalue weighted by Gasteiger charge is 2.46. The van der Waals surface area contributed by atoms with Crippen molar-refractivity contribution < 1.29 is 23.8 Å². The lowest BCUT2D eigenvalue weighted by Gasteiger charge is -2.24. The maximum absolute atomic E-state index is 13.0. The van der Waals surface area contributed by atoms with E-state index >= 15 is 0 Å². The highest BCUT2D eigenvalue weighted by molar-refractivity contribution is 6.46. The van der Waals surface area contributed by atoms with Gasteiger partial charge in [0.25, 0.3) is 11.7 Å². The zero-order valence-corrected chi connectivity index (χ0v) is 17.3.